The van der Waals surface area contributed by atoms with Gasteiger partial charge in [-0.3, -0.25) is 4.79 Å². The Bertz CT molecular complexity index is 613. The minimum atomic E-state index is -4.13. The Hall–Kier alpha value is -1.54. The number of sulfonamides is 1. The molecule has 0 amide bonds. The molecule has 1 aliphatic carbocycles. The Labute approximate surface area is 108 Å². The maximum absolute atomic E-state index is 13.1. The number of carbonyl (C=O) groups is 1. The average molecular weight is 291 g/mol. The first-order valence-electron chi connectivity index (χ1n) is 5.51. The molecular formula is C11H11F2NO4S. The molecule has 0 bridgehead atoms. The number of carboxylic acids is 1. The van der Waals surface area contributed by atoms with Crippen molar-refractivity contribution in [3.05, 3.63) is 29.8 Å². The van der Waals surface area contributed by atoms with Gasteiger partial charge in [0.25, 0.3) is 0 Å². The van der Waals surface area contributed by atoms with Gasteiger partial charge in [0.2, 0.25) is 10.0 Å². The standard InChI is InChI=1S/C11H11F2NO4S/c12-9-4-3-8(5-10(9)13)19(17,18)14(6-11(15)16)7-1-2-7/h3-5,7H,1-2,6H2,(H,15,16). The van der Waals surface area contributed by atoms with Crippen LogP contribution in [-0.2, 0) is 14.8 Å². The van der Waals surface area contributed by atoms with E-state index in [1.807, 2.05) is 0 Å². The number of nitrogens with zero attached hydrogens (tertiary/aromatic N) is 1. The average Bonchev–Trinajstić information content (AvgIpc) is 3.13. The lowest BCUT2D eigenvalue weighted by molar-refractivity contribution is -0.137. The molecule has 19 heavy (non-hydrogen) atoms. The highest BCUT2D eigenvalue weighted by Gasteiger charge is 2.39. The number of aliphatic carboxylic acids is 1. The van der Waals surface area contributed by atoms with Crippen molar-refractivity contribution in [1.82, 2.24) is 4.31 Å². The first-order valence-corrected chi connectivity index (χ1v) is 6.95. The predicted octanol–water partition coefficient (Wildman–Crippen LogP) is 1.20. The molecule has 1 aromatic rings. The van der Waals surface area contributed by atoms with Crippen LogP contribution in [-0.4, -0.2) is 36.4 Å². The summed E-state index contributed by atoms with van der Waals surface area (Å²) in [6.45, 7) is -0.688. The summed E-state index contributed by atoms with van der Waals surface area (Å²) in [6.07, 6.45) is 1.13. The van der Waals surface area contributed by atoms with Gasteiger partial charge < -0.3 is 5.11 Å². The van der Waals surface area contributed by atoms with Crippen LogP contribution in [0.1, 0.15) is 12.8 Å². The second-order valence-corrected chi connectivity index (χ2v) is 6.14. The Morgan fingerprint density at radius 3 is 2.42 bits per heavy atom. The maximum Gasteiger partial charge on any atom is 0.318 e. The molecule has 0 unspecified atom stereocenters. The van der Waals surface area contributed by atoms with Crippen LogP contribution in [0.2, 0.25) is 0 Å². The van der Waals surface area contributed by atoms with Crippen LogP contribution >= 0.6 is 0 Å². The lowest BCUT2D eigenvalue weighted by Crippen LogP contribution is -2.37. The summed E-state index contributed by atoms with van der Waals surface area (Å²) < 4.78 is 51.0. The molecule has 1 saturated carbocycles. The van der Waals surface area contributed by atoms with E-state index in [-0.39, 0.29) is 6.04 Å². The SMILES string of the molecule is O=C(O)CN(C1CC1)S(=O)(=O)c1ccc(F)c(F)c1. The Balaban J connectivity index is 2.38. The van der Waals surface area contributed by atoms with Gasteiger partial charge in [0, 0.05) is 6.04 Å². The molecule has 0 aromatic heterocycles. The zero-order valence-electron chi connectivity index (χ0n) is 9.71. The molecule has 0 saturated heterocycles. The van der Waals surface area contributed by atoms with Gasteiger partial charge in [0.15, 0.2) is 11.6 Å². The number of halogens is 2. The molecule has 0 aliphatic heterocycles. The number of benzene rings is 1. The van der Waals surface area contributed by atoms with E-state index in [4.69, 9.17) is 5.11 Å². The third-order valence-corrected chi connectivity index (χ3v) is 4.64. The van der Waals surface area contributed by atoms with Crippen molar-refractivity contribution >= 4 is 16.0 Å². The van der Waals surface area contributed by atoms with Crippen molar-refractivity contribution in [2.45, 2.75) is 23.8 Å². The van der Waals surface area contributed by atoms with E-state index in [1.54, 1.807) is 0 Å². The predicted molar refractivity (Wildman–Crippen MR) is 60.9 cm³/mol. The summed E-state index contributed by atoms with van der Waals surface area (Å²) >= 11 is 0. The summed E-state index contributed by atoms with van der Waals surface area (Å²) in [5.74, 6) is -3.74. The third kappa shape index (κ3) is 2.90. The van der Waals surface area contributed by atoms with E-state index < -0.39 is 39.1 Å². The number of hydrogen-bond donors (Lipinski definition) is 1. The molecule has 1 fully saturated rings. The highest BCUT2D eigenvalue weighted by Crippen LogP contribution is 2.32. The van der Waals surface area contributed by atoms with E-state index in [9.17, 15) is 22.0 Å². The van der Waals surface area contributed by atoms with Gasteiger partial charge in [0.1, 0.15) is 6.54 Å². The molecule has 0 radical (unpaired) electrons. The summed E-state index contributed by atoms with van der Waals surface area (Å²) in [4.78, 5) is 10.3. The normalized spacial score (nSPS) is 15.7. The fourth-order valence-electron chi connectivity index (χ4n) is 1.68. The number of rotatable bonds is 5. The molecule has 0 atom stereocenters. The van der Waals surface area contributed by atoms with Gasteiger partial charge in [-0.1, -0.05) is 0 Å². The van der Waals surface area contributed by atoms with Crippen molar-refractivity contribution in [2.75, 3.05) is 6.54 Å². The second-order valence-electron chi connectivity index (χ2n) is 4.25. The number of hydrogen-bond acceptors (Lipinski definition) is 3. The second kappa shape index (κ2) is 4.86. The van der Waals surface area contributed by atoms with Crippen LogP contribution in [0.15, 0.2) is 23.1 Å². The van der Waals surface area contributed by atoms with E-state index >= 15 is 0 Å². The molecular weight excluding hydrogens is 280 g/mol. The van der Waals surface area contributed by atoms with Crippen LogP contribution in [0.4, 0.5) is 8.78 Å². The summed E-state index contributed by atoms with van der Waals surface area (Å²) in [6, 6.07) is 1.80. The summed E-state index contributed by atoms with van der Waals surface area (Å²) in [5, 5.41) is 8.73. The molecule has 1 aliphatic rings. The van der Waals surface area contributed by atoms with Crippen molar-refractivity contribution in [3.8, 4) is 0 Å². The third-order valence-electron chi connectivity index (χ3n) is 2.74. The van der Waals surface area contributed by atoms with Crippen LogP contribution in [0, 0.1) is 11.6 Å². The first-order chi connectivity index (χ1) is 8.82. The first kappa shape index (κ1) is 13.9. The van der Waals surface area contributed by atoms with E-state index in [0.717, 1.165) is 10.4 Å². The largest absolute Gasteiger partial charge is 0.480 e. The highest BCUT2D eigenvalue weighted by molar-refractivity contribution is 7.89. The van der Waals surface area contributed by atoms with E-state index in [0.29, 0.717) is 25.0 Å². The Morgan fingerprint density at radius 1 is 1.32 bits per heavy atom. The minimum Gasteiger partial charge on any atom is -0.480 e. The van der Waals surface area contributed by atoms with Gasteiger partial charge in [-0.2, -0.15) is 4.31 Å². The smallest absolute Gasteiger partial charge is 0.318 e. The lowest BCUT2D eigenvalue weighted by atomic mass is 10.3. The molecule has 0 heterocycles. The van der Waals surface area contributed by atoms with Crippen molar-refractivity contribution in [2.24, 2.45) is 0 Å². The Kier molecular flexibility index (Phi) is 3.55. The Morgan fingerprint density at radius 2 is 1.95 bits per heavy atom. The fourth-order valence-corrected chi connectivity index (χ4v) is 3.33. The van der Waals surface area contributed by atoms with Gasteiger partial charge >= 0.3 is 5.97 Å². The monoisotopic (exact) mass is 291 g/mol. The van der Waals surface area contributed by atoms with Gasteiger partial charge in [0.05, 0.1) is 4.90 Å². The summed E-state index contributed by atoms with van der Waals surface area (Å²) in [5.41, 5.74) is 0. The summed E-state index contributed by atoms with van der Waals surface area (Å²) in [7, 11) is -4.13. The van der Waals surface area contributed by atoms with Crippen molar-refractivity contribution in [3.63, 3.8) is 0 Å². The van der Waals surface area contributed by atoms with Crippen LogP contribution in [0.5, 0.6) is 0 Å². The molecule has 5 nitrogen and oxygen atoms in total. The minimum absolute atomic E-state index is 0.380. The zero-order chi connectivity index (χ0) is 14.2. The quantitative estimate of drug-likeness (QED) is 0.884. The van der Waals surface area contributed by atoms with Crippen LogP contribution < -0.4 is 0 Å². The van der Waals surface area contributed by atoms with Gasteiger partial charge in [-0.15, -0.1) is 0 Å². The maximum atomic E-state index is 13.1. The van der Waals surface area contributed by atoms with E-state index in [2.05, 4.69) is 0 Å². The van der Waals surface area contributed by atoms with Crippen molar-refractivity contribution in [1.29, 1.82) is 0 Å². The van der Waals surface area contributed by atoms with Crippen LogP contribution in [0.3, 0.4) is 0 Å². The topological polar surface area (TPSA) is 74.7 Å². The lowest BCUT2D eigenvalue weighted by Gasteiger charge is -2.19. The molecule has 1 aromatic carbocycles. The van der Waals surface area contributed by atoms with Crippen LogP contribution in [0.25, 0.3) is 0 Å². The fraction of sp³-hybridized carbons (Fsp3) is 0.364. The molecule has 8 heteroatoms. The van der Waals surface area contributed by atoms with Crippen molar-refractivity contribution < 1.29 is 27.1 Å². The number of carboxylic acid groups (broad SMARTS) is 1. The molecule has 1 N–H and O–H groups in total. The zero-order valence-corrected chi connectivity index (χ0v) is 10.5. The highest BCUT2D eigenvalue weighted by atomic mass is 32.2. The van der Waals surface area contributed by atoms with Gasteiger partial charge in [-0.05, 0) is 31.0 Å². The van der Waals surface area contributed by atoms with E-state index in [1.165, 1.54) is 0 Å². The molecule has 0 spiro atoms. The van der Waals surface area contributed by atoms with Gasteiger partial charge in [-0.25, -0.2) is 17.2 Å². The molecule has 104 valence electrons. The molecule has 2 rings (SSSR count).